The van der Waals surface area contributed by atoms with Gasteiger partial charge in [0.2, 0.25) is 5.91 Å². The predicted octanol–water partition coefficient (Wildman–Crippen LogP) is 3.26. The van der Waals surface area contributed by atoms with E-state index in [1.165, 1.54) is 32.1 Å². The molecule has 4 atom stereocenters. The van der Waals surface area contributed by atoms with Gasteiger partial charge in [0.15, 0.2) is 0 Å². The highest BCUT2D eigenvalue weighted by molar-refractivity contribution is 5.85. The van der Waals surface area contributed by atoms with Gasteiger partial charge in [-0.15, -0.1) is 12.4 Å². The molecule has 118 valence electrons. The SMILES string of the molecule is CC(NC(=O)C1CCC(N)C1)C(C)C1CCCCC1.Cl. The zero-order chi connectivity index (χ0) is 13.8. The maximum absolute atomic E-state index is 12.2. The van der Waals surface area contributed by atoms with Crippen molar-refractivity contribution in [2.24, 2.45) is 23.5 Å². The molecule has 3 N–H and O–H groups in total. The maximum atomic E-state index is 12.2. The van der Waals surface area contributed by atoms with Gasteiger partial charge in [0.05, 0.1) is 0 Å². The molecule has 0 aromatic heterocycles. The zero-order valence-corrected chi connectivity index (χ0v) is 13.8. The van der Waals surface area contributed by atoms with Crippen molar-refractivity contribution in [2.45, 2.75) is 77.3 Å². The average molecular weight is 303 g/mol. The van der Waals surface area contributed by atoms with Crippen LogP contribution >= 0.6 is 12.4 Å². The highest BCUT2D eigenvalue weighted by atomic mass is 35.5. The van der Waals surface area contributed by atoms with Crippen molar-refractivity contribution >= 4 is 18.3 Å². The van der Waals surface area contributed by atoms with E-state index in [-0.39, 0.29) is 30.3 Å². The molecule has 2 aliphatic carbocycles. The third-order valence-electron chi connectivity index (χ3n) is 5.40. The average Bonchev–Trinajstić information content (AvgIpc) is 2.85. The van der Waals surface area contributed by atoms with E-state index in [4.69, 9.17) is 5.73 Å². The molecular formula is C16H31ClN2O. The van der Waals surface area contributed by atoms with Crippen LogP contribution < -0.4 is 11.1 Å². The number of carbonyl (C=O) groups is 1. The van der Waals surface area contributed by atoms with Crippen molar-refractivity contribution in [3.63, 3.8) is 0 Å². The van der Waals surface area contributed by atoms with Crippen LogP contribution in [0.25, 0.3) is 0 Å². The Kier molecular flexibility index (Phi) is 7.32. The summed E-state index contributed by atoms with van der Waals surface area (Å²) >= 11 is 0. The zero-order valence-electron chi connectivity index (χ0n) is 12.9. The van der Waals surface area contributed by atoms with Crippen molar-refractivity contribution in [3.8, 4) is 0 Å². The number of carbonyl (C=O) groups excluding carboxylic acids is 1. The fourth-order valence-corrected chi connectivity index (χ4v) is 3.80. The molecule has 2 aliphatic rings. The standard InChI is InChI=1S/C16H30N2O.ClH/c1-11(13-6-4-3-5-7-13)12(2)18-16(19)14-8-9-15(17)10-14;/h11-15H,3-10,17H2,1-2H3,(H,18,19);1H. The molecule has 0 spiro atoms. The number of halogens is 1. The van der Waals surface area contributed by atoms with Crippen LogP contribution in [0.3, 0.4) is 0 Å². The third-order valence-corrected chi connectivity index (χ3v) is 5.40. The van der Waals surface area contributed by atoms with Gasteiger partial charge in [-0.3, -0.25) is 4.79 Å². The second-order valence-electron chi connectivity index (χ2n) is 6.82. The van der Waals surface area contributed by atoms with Crippen LogP contribution in [0.1, 0.15) is 65.2 Å². The minimum atomic E-state index is 0. The lowest BCUT2D eigenvalue weighted by molar-refractivity contribution is -0.125. The summed E-state index contributed by atoms with van der Waals surface area (Å²) in [5.74, 6) is 1.80. The van der Waals surface area contributed by atoms with Crippen LogP contribution in [0.15, 0.2) is 0 Å². The van der Waals surface area contributed by atoms with Gasteiger partial charge in [-0.25, -0.2) is 0 Å². The number of nitrogens with two attached hydrogens (primary N) is 1. The Hall–Kier alpha value is -0.280. The third kappa shape index (κ3) is 4.63. The van der Waals surface area contributed by atoms with Gasteiger partial charge in [-0.05, 0) is 38.0 Å². The molecule has 3 nitrogen and oxygen atoms in total. The van der Waals surface area contributed by atoms with Crippen molar-refractivity contribution in [1.82, 2.24) is 5.32 Å². The van der Waals surface area contributed by atoms with Gasteiger partial charge >= 0.3 is 0 Å². The molecule has 0 heterocycles. The molecule has 0 bridgehead atoms. The summed E-state index contributed by atoms with van der Waals surface area (Å²) in [7, 11) is 0. The number of hydrogen-bond donors (Lipinski definition) is 2. The number of hydrogen-bond acceptors (Lipinski definition) is 2. The molecular weight excluding hydrogens is 272 g/mol. The monoisotopic (exact) mass is 302 g/mol. The Morgan fingerprint density at radius 2 is 1.75 bits per heavy atom. The molecule has 2 rings (SSSR count). The maximum Gasteiger partial charge on any atom is 0.223 e. The van der Waals surface area contributed by atoms with E-state index in [0.717, 1.165) is 25.2 Å². The van der Waals surface area contributed by atoms with Crippen LogP contribution in [-0.2, 0) is 4.79 Å². The quantitative estimate of drug-likeness (QED) is 0.837. The van der Waals surface area contributed by atoms with E-state index in [9.17, 15) is 4.79 Å². The van der Waals surface area contributed by atoms with E-state index in [1.807, 2.05) is 0 Å². The van der Waals surface area contributed by atoms with Crippen molar-refractivity contribution in [3.05, 3.63) is 0 Å². The topological polar surface area (TPSA) is 55.1 Å². The first-order valence-electron chi connectivity index (χ1n) is 8.14. The Morgan fingerprint density at radius 3 is 2.30 bits per heavy atom. The number of nitrogens with one attached hydrogen (secondary N) is 1. The van der Waals surface area contributed by atoms with Crippen LogP contribution in [0.2, 0.25) is 0 Å². The second-order valence-corrected chi connectivity index (χ2v) is 6.82. The molecule has 4 heteroatoms. The molecule has 0 aromatic rings. The smallest absolute Gasteiger partial charge is 0.223 e. The summed E-state index contributed by atoms with van der Waals surface area (Å²) < 4.78 is 0. The summed E-state index contributed by atoms with van der Waals surface area (Å²) in [5, 5.41) is 3.24. The number of amides is 1. The van der Waals surface area contributed by atoms with E-state index < -0.39 is 0 Å². The fraction of sp³-hybridized carbons (Fsp3) is 0.938. The van der Waals surface area contributed by atoms with E-state index in [2.05, 4.69) is 19.2 Å². The highest BCUT2D eigenvalue weighted by Crippen LogP contribution is 2.32. The lowest BCUT2D eigenvalue weighted by Gasteiger charge is -2.32. The minimum Gasteiger partial charge on any atom is -0.353 e. The predicted molar refractivity (Wildman–Crippen MR) is 85.9 cm³/mol. The molecule has 4 unspecified atom stereocenters. The second kappa shape index (κ2) is 8.23. The first kappa shape index (κ1) is 17.8. The van der Waals surface area contributed by atoms with Gasteiger partial charge in [0.1, 0.15) is 0 Å². The van der Waals surface area contributed by atoms with Gasteiger partial charge in [0.25, 0.3) is 0 Å². The summed E-state index contributed by atoms with van der Waals surface area (Å²) in [6, 6.07) is 0.536. The number of rotatable bonds is 4. The molecule has 1 amide bonds. The largest absolute Gasteiger partial charge is 0.353 e. The minimum absolute atomic E-state index is 0. The van der Waals surface area contributed by atoms with Crippen molar-refractivity contribution < 1.29 is 4.79 Å². The molecule has 20 heavy (non-hydrogen) atoms. The molecule has 0 aliphatic heterocycles. The summed E-state index contributed by atoms with van der Waals surface area (Å²) in [6.45, 7) is 4.48. The Balaban J connectivity index is 0.00000200. The van der Waals surface area contributed by atoms with Crippen molar-refractivity contribution in [2.75, 3.05) is 0 Å². The van der Waals surface area contributed by atoms with E-state index >= 15 is 0 Å². The molecule has 2 saturated carbocycles. The van der Waals surface area contributed by atoms with Gasteiger partial charge < -0.3 is 11.1 Å². The first-order valence-corrected chi connectivity index (χ1v) is 8.14. The summed E-state index contributed by atoms with van der Waals surface area (Å²) in [5.41, 5.74) is 5.89. The van der Waals surface area contributed by atoms with Gasteiger partial charge in [0, 0.05) is 18.0 Å². The molecule has 2 fully saturated rings. The lowest BCUT2D eigenvalue weighted by Crippen LogP contribution is -2.42. The van der Waals surface area contributed by atoms with Crippen LogP contribution in [-0.4, -0.2) is 18.0 Å². The Bertz CT molecular complexity index is 305. The Morgan fingerprint density at radius 1 is 1.10 bits per heavy atom. The molecule has 0 saturated heterocycles. The van der Waals surface area contributed by atoms with Crippen LogP contribution in [0.5, 0.6) is 0 Å². The summed E-state index contributed by atoms with van der Waals surface area (Å²) in [6.07, 6.45) is 9.66. The Labute approximate surface area is 129 Å². The highest BCUT2D eigenvalue weighted by Gasteiger charge is 2.30. The van der Waals surface area contributed by atoms with Gasteiger partial charge in [-0.1, -0.05) is 39.0 Å². The van der Waals surface area contributed by atoms with Crippen LogP contribution in [0.4, 0.5) is 0 Å². The molecule has 0 radical (unpaired) electrons. The first-order chi connectivity index (χ1) is 9.08. The van der Waals surface area contributed by atoms with Gasteiger partial charge in [-0.2, -0.15) is 0 Å². The van der Waals surface area contributed by atoms with Crippen molar-refractivity contribution in [1.29, 1.82) is 0 Å². The molecule has 0 aromatic carbocycles. The normalized spacial score (nSPS) is 30.4. The van der Waals surface area contributed by atoms with E-state index in [0.29, 0.717) is 12.0 Å². The van der Waals surface area contributed by atoms with Crippen LogP contribution in [0, 0.1) is 17.8 Å². The summed E-state index contributed by atoms with van der Waals surface area (Å²) in [4.78, 5) is 12.2. The lowest BCUT2D eigenvalue weighted by atomic mass is 9.78. The van der Waals surface area contributed by atoms with E-state index in [1.54, 1.807) is 0 Å². The fourth-order valence-electron chi connectivity index (χ4n) is 3.80.